The highest BCUT2D eigenvalue weighted by atomic mass is 19.4. The van der Waals surface area contributed by atoms with E-state index in [4.69, 9.17) is 10.2 Å². The van der Waals surface area contributed by atoms with Gasteiger partial charge in [-0.1, -0.05) is 42.8 Å². The first-order valence-electron chi connectivity index (χ1n) is 9.70. The average Bonchev–Trinajstić information content (AvgIpc) is 2.69. The number of carboxylic acids is 2. The number of aromatic carboxylic acids is 1. The molecule has 0 bridgehead atoms. The van der Waals surface area contributed by atoms with Crippen molar-refractivity contribution < 1.29 is 37.7 Å². The second-order valence-corrected chi connectivity index (χ2v) is 7.08. The second-order valence-electron chi connectivity index (χ2n) is 7.08. The van der Waals surface area contributed by atoms with Crippen LogP contribution in [0.3, 0.4) is 0 Å². The minimum absolute atomic E-state index is 0.0515. The Balaban J connectivity index is 2.06. The Bertz CT molecular complexity index is 887. The van der Waals surface area contributed by atoms with Crippen molar-refractivity contribution >= 4 is 18.0 Å². The molecule has 0 aliphatic rings. The minimum atomic E-state index is -4.74. The van der Waals surface area contributed by atoms with E-state index in [2.05, 4.69) is 4.74 Å². The predicted octanol–water partition coefficient (Wildman–Crippen LogP) is 5.80. The molecule has 2 rings (SSSR count). The van der Waals surface area contributed by atoms with Crippen molar-refractivity contribution in [2.24, 2.45) is 5.92 Å². The van der Waals surface area contributed by atoms with E-state index >= 15 is 0 Å². The maximum Gasteiger partial charge on any atom is 0.573 e. The fourth-order valence-corrected chi connectivity index (χ4v) is 3.06. The van der Waals surface area contributed by atoms with Crippen LogP contribution in [0.2, 0.25) is 0 Å². The van der Waals surface area contributed by atoms with Gasteiger partial charge in [0.15, 0.2) is 0 Å². The third kappa shape index (κ3) is 9.37. The number of allylic oxidation sites excluding steroid dienone is 1. The molecule has 0 aliphatic carbocycles. The number of carbonyl (C=O) groups is 2. The van der Waals surface area contributed by atoms with E-state index in [1.165, 1.54) is 36.4 Å². The van der Waals surface area contributed by atoms with Crippen LogP contribution in [0.1, 0.15) is 47.2 Å². The third-order valence-electron chi connectivity index (χ3n) is 4.59. The number of carboxylic acid groups (broad SMARTS) is 2. The Labute approximate surface area is 177 Å². The quantitative estimate of drug-likeness (QED) is 0.435. The van der Waals surface area contributed by atoms with Gasteiger partial charge in [0.05, 0.1) is 5.56 Å². The predicted molar refractivity (Wildman–Crippen MR) is 109 cm³/mol. The number of benzene rings is 2. The van der Waals surface area contributed by atoms with Gasteiger partial charge in [0.2, 0.25) is 0 Å². The van der Waals surface area contributed by atoms with Crippen LogP contribution in [0, 0.1) is 5.92 Å². The van der Waals surface area contributed by atoms with E-state index in [0.29, 0.717) is 24.8 Å². The minimum Gasteiger partial charge on any atom is -0.481 e. The van der Waals surface area contributed by atoms with Crippen LogP contribution in [0.25, 0.3) is 6.08 Å². The maximum atomic E-state index is 12.3. The molecule has 1 atom stereocenters. The lowest BCUT2D eigenvalue weighted by molar-refractivity contribution is -0.274. The lowest BCUT2D eigenvalue weighted by atomic mass is 9.92. The molecule has 166 valence electrons. The summed E-state index contributed by atoms with van der Waals surface area (Å²) in [6.07, 6.45) is 1.67. The molecule has 0 aliphatic heterocycles. The second kappa shape index (κ2) is 11.2. The lowest BCUT2D eigenvalue weighted by Gasteiger charge is -2.13. The zero-order chi connectivity index (χ0) is 22.9. The zero-order valence-corrected chi connectivity index (χ0v) is 16.6. The van der Waals surface area contributed by atoms with Gasteiger partial charge in [-0.2, -0.15) is 0 Å². The van der Waals surface area contributed by atoms with Crippen LogP contribution in [0.5, 0.6) is 5.75 Å². The number of unbranched alkanes of at least 4 members (excludes halogenated alkanes) is 1. The van der Waals surface area contributed by atoms with Gasteiger partial charge in [0.25, 0.3) is 0 Å². The van der Waals surface area contributed by atoms with Crippen LogP contribution in [-0.4, -0.2) is 28.5 Å². The van der Waals surface area contributed by atoms with Crippen LogP contribution < -0.4 is 4.74 Å². The molecule has 1 unspecified atom stereocenters. The molecule has 0 saturated carbocycles. The van der Waals surface area contributed by atoms with Crippen molar-refractivity contribution in [1.29, 1.82) is 0 Å². The van der Waals surface area contributed by atoms with E-state index in [0.717, 1.165) is 12.0 Å². The van der Waals surface area contributed by atoms with Gasteiger partial charge in [0, 0.05) is 6.42 Å². The molecular weight excluding hydrogens is 413 g/mol. The molecule has 0 spiro atoms. The molecule has 0 radical (unpaired) electrons. The molecule has 2 aromatic carbocycles. The normalized spacial score (nSPS) is 12.6. The van der Waals surface area contributed by atoms with Crippen molar-refractivity contribution in [3.05, 3.63) is 71.3 Å². The number of halogens is 3. The molecule has 2 aromatic rings. The van der Waals surface area contributed by atoms with Crippen molar-refractivity contribution in [2.45, 2.75) is 38.5 Å². The van der Waals surface area contributed by atoms with Crippen molar-refractivity contribution in [2.75, 3.05) is 0 Å². The molecule has 5 nitrogen and oxygen atoms in total. The first-order valence-corrected chi connectivity index (χ1v) is 9.70. The molecular formula is C23H23F3O5. The first kappa shape index (κ1) is 24.0. The van der Waals surface area contributed by atoms with Crippen LogP contribution in [-0.2, 0) is 11.2 Å². The van der Waals surface area contributed by atoms with Crippen LogP contribution in [0.15, 0.2) is 54.6 Å². The molecule has 0 aromatic heterocycles. The van der Waals surface area contributed by atoms with E-state index in [1.807, 2.05) is 6.08 Å². The molecule has 0 saturated heterocycles. The highest BCUT2D eigenvalue weighted by Gasteiger charge is 2.30. The Morgan fingerprint density at radius 2 is 1.61 bits per heavy atom. The van der Waals surface area contributed by atoms with E-state index < -0.39 is 18.3 Å². The van der Waals surface area contributed by atoms with Gasteiger partial charge in [-0.15, -0.1) is 13.2 Å². The number of rotatable bonds is 11. The van der Waals surface area contributed by atoms with Gasteiger partial charge < -0.3 is 14.9 Å². The molecule has 8 heteroatoms. The standard InChI is InChI=1S/C23H23F3O5/c24-23(25,26)31-20-13-9-16(10-14-20)5-6-17(3-1-2-4-21(27)28)15-18-7-11-19(12-8-18)22(29)30/h5-14,17H,1-4,15H2,(H,27,28)(H,29,30). The lowest BCUT2D eigenvalue weighted by Crippen LogP contribution is -2.16. The third-order valence-corrected chi connectivity index (χ3v) is 4.59. The topological polar surface area (TPSA) is 83.8 Å². The van der Waals surface area contributed by atoms with Crippen LogP contribution >= 0.6 is 0 Å². The fourth-order valence-electron chi connectivity index (χ4n) is 3.06. The highest BCUT2D eigenvalue weighted by Crippen LogP contribution is 2.24. The number of alkyl halides is 3. The summed E-state index contributed by atoms with van der Waals surface area (Å²) in [4.78, 5) is 21.7. The van der Waals surface area contributed by atoms with Gasteiger partial charge in [-0.05, 0) is 60.6 Å². The zero-order valence-electron chi connectivity index (χ0n) is 16.6. The van der Waals surface area contributed by atoms with Crippen molar-refractivity contribution in [3.63, 3.8) is 0 Å². The van der Waals surface area contributed by atoms with Gasteiger partial charge in [-0.3, -0.25) is 4.79 Å². The smallest absolute Gasteiger partial charge is 0.481 e. The number of hydrogen-bond acceptors (Lipinski definition) is 3. The largest absolute Gasteiger partial charge is 0.573 e. The fraction of sp³-hybridized carbons (Fsp3) is 0.304. The van der Waals surface area contributed by atoms with Gasteiger partial charge >= 0.3 is 18.3 Å². The maximum absolute atomic E-state index is 12.3. The summed E-state index contributed by atoms with van der Waals surface area (Å²) in [5.74, 6) is -2.10. The molecule has 0 amide bonds. The number of hydrogen-bond donors (Lipinski definition) is 2. The van der Waals surface area contributed by atoms with E-state index in [1.54, 1.807) is 18.2 Å². The Hall–Kier alpha value is -3.29. The van der Waals surface area contributed by atoms with E-state index in [9.17, 15) is 22.8 Å². The Morgan fingerprint density at radius 1 is 0.968 bits per heavy atom. The molecule has 2 N–H and O–H groups in total. The summed E-state index contributed by atoms with van der Waals surface area (Å²) >= 11 is 0. The first-order chi connectivity index (χ1) is 14.6. The highest BCUT2D eigenvalue weighted by molar-refractivity contribution is 5.87. The van der Waals surface area contributed by atoms with Gasteiger partial charge in [-0.25, -0.2) is 4.79 Å². The van der Waals surface area contributed by atoms with Crippen LogP contribution in [0.4, 0.5) is 13.2 Å². The SMILES string of the molecule is O=C(O)CCCCC(C=Cc1ccc(OC(F)(F)F)cc1)Cc1ccc(C(=O)O)cc1. The van der Waals surface area contributed by atoms with E-state index in [-0.39, 0.29) is 23.7 Å². The Kier molecular flexibility index (Phi) is 8.66. The molecule has 0 heterocycles. The molecule has 31 heavy (non-hydrogen) atoms. The van der Waals surface area contributed by atoms with Gasteiger partial charge in [0.1, 0.15) is 5.75 Å². The Morgan fingerprint density at radius 3 is 2.16 bits per heavy atom. The van der Waals surface area contributed by atoms with Crippen molar-refractivity contribution in [3.8, 4) is 5.75 Å². The number of ether oxygens (including phenoxy) is 1. The van der Waals surface area contributed by atoms with Crippen molar-refractivity contribution in [1.82, 2.24) is 0 Å². The average molecular weight is 436 g/mol. The summed E-state index contributed by atoms with van der Waals surface area (Å²) in [5, 5.41) is 17.8. The summed E-state index contributed by atoms with van der Waals surface area (Å²) in [7, 11) is 0. The summed E-state index contributed by atoms with van der Waals surface area (Å²) < 4.78 is 40.7. The summed E-state index contributed by atoms with van der Waals surface area (Å²) in [5.41, 5.74) is 1.83. The number of aliphatic carboxylic acids is 1. The summed E-state index contributed by atoms with van der Waals surface area (Å²) in [6.45, 7) is 0. The monoisotopic (exact) mass is 436 g/mol. The molecule has 0 fully saturated rings. The summed E-state index contributed by atoms with van der Waals surface area (Å²) in [6, 6.07) is 12.0.